The summed E-state index contributed by atoms with van der Waals surface area (Å²) in [5.41, 5.74) is -0.637. The van der Waals surface area contributed by atoms with Crippen molar-refractivity contribution in [2.24, 2.45) is 0 Å². The fourth-order valence-electron chi connectivity index (χ4n) is 2.68. The first-order chi connectivity index (χ1) is 13.6. The molecule has 2 aromatic rings. The monoisotopic (exact) mass is 449 g/mol. The minimum atomic E-state index is -0.792. The van der Waals surface area contributed by atoms with E-state index in [-0.39, 0.29) is 34.0 Å². The molecule has 0 fully saturated rings. The molecule has 0 unspecified atom stereocenters. The van der Waals surface area contributed by atoms with Crippen molar-refractivity contribution in [2.45, 2.75) is 52.7 Å². The van der Waals surface area contributed by atoms with E-state index in [0.29, 0.717) is 19.6 Å². The van der Waals surface area contributed by atoms with E-state index in [4.69, 9.17) is 41.8 Å². The van der Waals surface area contributed by atoms with E-state index in [0.717, 1.165) is 10.6 Å². The van der Waals surface area contributed by atoms with Crippen LogP contribution in [0.5, 0.6) is 5.75 Å². The predicted molar refractivity (Wildman–Crippen MR) is 110 cm³/mol. The highest BCUT2D eigenvalue weighted by atomic mass is 35.5. The van der Waals surface area contributed by atoms with E-state index in [2.05, 4.69) is 0 Å². The minimum Gasteiger partial charge on any atom is -0.492 e. The molecule has 9 heteroatoms. The van der Waals surface area contributed by atoms with Crippen molar-refractivity contribution in [3.63, 3.8) is 0 Å². The van der Waals surface area contributed by atoms with Gasteiger partial charge in [-0.25, -0.2) is 13.8 Å². The van der Waals surface area contributed by atoms with Gasteiger partial charge in [-0.15, -0.1) is 0 Å². The molecule has 1 aromatic heterocycles. The molecule has 162 valence electrons. The maximum absolute atomic E-state index is 14.6. The van der Waals surface area contributed by atoms with Crippen LogP contribution in [-0.4, -0.2) is 30.7 Å². The second kappa shape index (κ2) is 9.98. The highest BCUT2D eigenvalue weighted by Gasteiger charge is 2.28. The lowest BCUT2D eigenvalue weighted by Crippen LogP contribution is -2.20. The summed E-state index contributed by atoms with van der Waals surface area (Å²) in [6, 6.07) is 2.39. The minimum absolute atomic E-state index is 0.00225. The van der Waals surface area contributed by atoms with Crippen LogP contribution in [0.3, 0.4) is 0 Å². The number of ether oxygens (including phenoxy) is 3. The summed E-state index contributed by atoms with van der Waals surface area (Å²) >= 11 is 12.4. The van der Waals surface area contributed by atoms with Gasteiger partial charge in [0.2, 0.25) is 0 Å². The van der Waals surface area contributed by atoms with Gasteiger partial charge in [-0.3, -0.25) is 0 Å². The van der Waals surface area contributed by atoms with Crippen molar-refractivity contribution in [2.75, 3.05) is 19.8 Å². The molecular formula is C20H26Cl2FNO5. The zero-order valence-corrected chi connectivity index (χ0v) is 18.7. The fourth-order valence-corrected chi connectivity index (χ4v) is 3.36. The lowest BCUT2D eigenvalue weighted by molar-refractivity contribution is -0.142. The first kappa shape index (κ1) is 23.7. The molecule has 29 heavy (non-hydrogen) atoms. The number of rotatable bonds is 9. The van der Waals surface area contributed by atoms with Gasteiger partial charge in [0.1, 0.15) is 11.6 Å². The van der Waals surface area contributed by atoms with E-state index < -0.39 is 23.3 Å². The van der Waals surface area contributed by atoms with E-state index in [1.54, 1.807) is 0 Å². The number of oxazole rings is 1. The zero-order valence-electron chi connectivity index (χ0n) is 17.2. The Morgan fingerprint density at radius 2 is 1.79 bits per heavy atom. The fraction of sp³-hybridized carbons (Fsp3) is 0.550. The molecular weight excluding hydrogens is 424 g/mol. The SMILES string of the molecule is CCOC(CCOc1cc(-n2c(Cl)c(C(C)(C)C)oc2=O)c(F)cc1Cl)OCC. The summed E-state index contributed by atoms with van der Waals surface area (Å²) < 4.78 is 37.4. The third-order valence-corrected chi connectivity index (χ3v) is 4.63. The topological polar surface area (TPSA) is 62.8 Å². The van der Waals surface area contributed by atoms with Crippen LogP contribution in [0, 0.1) is 5.82 Å². The van der Waals surface area contributed by atoms with Gasteiger partial charge in [-0.05, 0) is 19.9 Å². The summed E-state index contributed by atoms with van der Waals surface area (Å²) in [5.74, 6) is -1.05. The summed E-state index contributed by atoms with van der Waals surface area (Å²) in [6.07, 6.45) is 0.0367. The van der Waals surface area contributed by atoms with Crippen molar-refractivity contribution in [1.82, 2.24) is 4.57 Å². The molecule has 1 heterocycles. The quantitative estimate of drug-likeness (QED) is 0.483. The first-order valence-corrected chi connectivity index (χ1v) is 10.1. The van der Waals surface area contributed by atoms with Crippen LogP contribution in [-0.2, 0) is 14.9 Å². The van der Waals surface area contributed by atoms with Crippen molar-refractivity contribution in [3.8, 4) is 11.4 Å². The van der Waals surface area contributed by atoms with Gasteiger partial charge in [0.15, 0.2) is 17.2 Å². The highest BCUT2D eigenvalue weighted by Crippen LogP contribution is 2.34. The van der Waals surface area contributed by atoms with Crippen LogP contribution in [0.25, 0.3) is 5.69 Å². The molecule has 0 spiro atoms. The first-order valence-electron chi connectivity index (χ1n) is 9.37. The Morgan fingerprint density at radius 3 is 2.31 bits per heavy atom. The van der Waals surface area contributed by atoms with Crippen molar-refractivity contribution >= 4 is 23.2 Å². The van der Waals surface area contributed by atoms with Crippen LogP contribution in [0.15, 0.2) is 21.3 Å². The van der Waals surface area contributed by atoms with Gasteiger partial charge in [-0.2, -0.15) is 0 Å². The number of aromatic nitrogens is 1. The molecule has 0 atom stereocenters. The van der Waals surface area contributed by atoms with Crippen LogP contribution in [0.4, 0.5) is 4.39 Å². The number of halogens is 3. The Hall–Kier alpha value is -1.54. The van der Waals surface area contributed by atoms with Crippen LogP contribution in [0.2, 0.25) is 10.2 Å². The van der Waals surface area contributed by atoms with Crippen LogP contribution >= 0.6 is 23.2 Å². The standard InChI is InChI=1S/C20H26Cl2FNO5/c1-6-26-16(27-7-2)8-9-28-15-11-14(13(23)10-12(15)21)24-18(22)17(20(3,4)5)29-19(24)25/h10-11,16H,6-9H2,1-5H3. The molecule has 0 aliphatic carbocycles. The molecule has 0 aliphatic rings. The van der Waals surface area contributed by atoms with E-state index in [9.17, 15) is 9.18 Å². The molecule has 1 aromatic carbocycles. The van der Waals surface area contributed by atoms with E-state index in [1.165, 1.54) is 6.07 Å². The normalized spacial score (nSPS) is 12.0. The second-order valence-corrected chi connectivity index (χ2v) is 8.05. The van der Waals surface area contributed by atoms with Gasteiger partial charge in [0, 0.05) is 31.1 Å². The Kier molecular flexibility index (Phi) is 8.17. The lowest BCUT2D eigenvalue weighted by atomic mass is 9.94. The maximum atomic E-state index is 14.6. The number of nitrogens with zero attached hydrogens (tertiary/aromatic N) is 1. The Labute approximate surface area is 179 Å². The molecule has 0 saturated heterocycles. The van der Waals surface area contributed by atoms with E-state index in [1.807, 2.05) is 34.6 Å². The molecule has 0 amide bonds. The number of benzene rings is 1. The van der Waals surface area contributed by atoms with Crippen molar-refractivity contribution in [3.05, 3.63) is 44.4 Å². The molecule has 6 nitrogen and oxygen atoms in total. The van der Waals surface area contributed by atoms with Gasteiger partial charge < -0.3 is 18.6 Å². The summed E-state index contributed by atoms with van der Waals surface area (Å²) in [4.78, 5) is 12.3. The zero-order chi connectivity index (χ0) is 21.8. The largest absolute Gasteiger partial charge is 0.492 e. The van der Waals surface area contributed by atoms with Crippen molar-refractivity contribution < 1.29 is 23.0 Å². The Bertz CT molecular complexity index is 882. The molecule has 0 saturated carbocycles. The number of hydrogen-bond donors (Lipinski definition) is 0. The van der Waals surface area contributed by atoms with Gasteiger partial charge in [0.25, 0.3) is 0 Å². The molecule has 0 N–H and O–H groups in total. The molecule has 0 aliphatic heterocycles. The average Bonchev–Trinajstić information content (AvgIpc) is 2.92. The summed E-state index contributed by atoms with van der Waals surface area (Å²) in [7, 11) is 0. The highest BCUT2D eigenvalue weighted by molar-refractivity contribution is 6.32. The maximum Gasteiger partial charge on any atom is 0.425 e. The summed E-state index contributed by atoms with van der Waals surface area (Å²) in [6.45, 7) is 10.5. The van der Waals surface area contributed by atoms with Gasteiger partial charge in [-0.1, -0.05) is 44.0 Å². The third kappa shape index (κ3) is 5.75. The Morgan fingerprint density at radius 1 is 1.17 bits per heavy atom. The predicted octanol–water partition coefficient (Wildman–Crippen LogP) is 5.34. The second-order valence-electron chi connectivity index (χ2n) is 7.28. The van der Waals surface area contributed by atoms with Crippen LogP contribution < -0.4 is 10.5 Å². The van der Waals surface area contributed by atoms with Crippen molar-refractivity contribution in [1.29, 1.82) is 0 Å². The van der Waals surface area contributed by atoms with Gasteiger partial charge in [0.05, 0.1) is 17.3 Å². The Balaban J connectivity index is 2.31. The third-order valence-electron chi connectivity index (χ3n) is 4.00. The molecule has 0 radical (unpaired) electrons. The van der Waals surface area contributed by atoms with E-state index >= 15 is 0 Å². The number of hydrogen-bond acceptors (Lipinski definition) is 5. The molecule has 2 rings (SSSR count). The van der Waals surface area contributed by atoms with Crippen LogP contribution in [0.1, 0.15) is 46.8 Å². The van der Waals surface area contributed by atoms with Gasteiger partial charge >= 0.3 is 5.76 Å². The average molecular weight is 450 g/mol. The summed E-state index contributed by atoms with van der Waals surface area (Å²) in [5, 5.41) is 0.0711. The molecule has 0 bridgehead atoms. The smallest absolute Gasteiger partial charge is 0.425 e. The lowest BCUT2D eigenvalue weighted by Gasteiger charge is -2.18.